The topological polar surface area (TPSA) is 60.5 Å². The molecular weight excluding hydrogens is 456 g/mol. The molecule has 0 bridgehead atoms. The third-order valence-electron chi connectivity index (χ3n) is 5.06. The molecule has 4 aromatic carbocycles. The first kappa shape index (κ1) is 24.5. The minimum Gasteiger partial charge on any atom is -0.473 e. The van der Waals surface area contributed by atoms with Crippen molar-refractivity contribution in [1.82, 2.24) is 9.80 Å². The number of nitrogens with zero attached hydrogens (tertiary/aromatic N) is 2. The van der Waals surface area contributed by atoms with Gasteiger partial charge in [0.05, 0.1) is 0 Å². The van der Waals surface area contributed by atoms with E-state index in [0.717, 1.165) is 0 Å². The molecular formula is C29H28N2O5. The number of hydrogen-bond donors (Lipinski definition) is 0. The Morgan fingerprint density at radius 1 is 0.417 bits per heavy atom. The van der Waals surface area contributed by atoms with Gasteiger partial charge >= 0.3 is 6.03 Å². The van der Waals surface area contributed by atoms with E-state index in [1.165, 1.54) is 9.80 Å². The molecule has 7 heteroatoms. The van der Waals surface area contributed by atoms with E-state index in [0.29, 0.717) is 23.0 Å². The lowest BCUT2D eigenvalue weighted by molar-refractivity contribution is 0.0225. The molecule has 0 atom stereocenters. The molecule has 4 rings (SSSR count). The SMILES string of the molecule is O=C(N(COc1ccccc1)COc1ccccc1)N(COc1ccccc1)COc1ccccc1. The van der Waals surface area contributed by atoms with E-state index in [1.54, 1.807) is 0 Å². The molecule has 4 aromatic rings. The number of urea groups is 1. The standard InChI is InChI=1S/C29H28N2O5/c32-29(30(21-33-25-13-5-1-6-14-25)22-34-26-15-7-2-8-16-26)31(23-35-27-17-9-3-10-18-27)24-36-28-19-11-4-12-20-28/h1-20H,21-24H2. The molecule has 0 aliphatic rings. The van der Waals surface area contributed by atoms with Crippen LogP contribution in [-0.2, 0) is 0 Å². The highest BCUT2D eigenvalue weighted by molar-refractivity contribution is 5.74. The number of rotatable bonds is 12. The summed E-state index contributed by atoms with van der Waals surface area (Å²) >= 11 is 0. The smallest absolute Gasteiger partial charge is 0.330 e. The molecule has 0 aromatic heterocycles. The van der Waals surface area contributed by atoms with Crippen molar-refractivity contribution in [2.75, 3.05) is 26.9 Å². The summed E-state index contributed by atoms with van der Waals surface area (Å²) in [6.07, 6.45) is 0. The average Bonchev–Trinajstić information content (AvgIpc) is 2.95. The highest BCUT2D eigenvalue weighted by atomic mass is 16.5. The van der Waals surface area contributed by atoms with Crippen LogP contribution in [0.15, 0.2) is 121 Å². The third kappa shape index (κ3) is 7.70. The van der Waals surface area contributed by atoms with E-state index >= 15 is 0 Å². The molecule has 0 aliphatic heterocycles. The number of para-hydroxylation sites is 4. The summed E-state index contributed by atoms with van der Waals surface area (Å²) in [5.74, 6) is 2.57. The van der Waals surface area contributed by atoms with Crippen LogP contribution in [0.4, 0.5) is 4.79 Å². The third-order valence-corrected chi connectivity index (χ3v) is 5.06. The zero-order chi connectivity index (χ0) is 24.8. The number of hydrogen-bond acceptors (Lipinski definition) is 5. The molecule has 7 nitrogen and oxygen atoms in total. The lowest BCUT2D eigenvalue weighted by Gasteiger charge is -2.30. The van der Waals surface area contributed by atoms with Gasteiger partial charge in [0.25, 0.3) is 0 Å². The average molecular weight is 485 g/mol. The molecule has 0 spiro atoms. The lowest BCUT2D eigenvalue weighted by Crippen LogP contribution is -2.49. The first-order valence-electron chi connectivity index (χ1n) is 11.5. The van der Waals surface area contributed by atoms with Crippen LogP contribution >= 0.6 is 0 Å². The van der Waals surface area contributed by atoms with E-state index in [9.17, 15) is 4.79 Å². The summed E-state index contributed by atoms with van der Waals surface area (Å²) in [6, 6.07) is 36.8. The maximum atomic E-state index is 13.7. The maximum absolute atomic E-state index is 13.7. The summed E-state index contributed by atoms with van der Waals surface area (Å²) in [5.41, 5.74) is 0. The Hall–Kier alpha value is -4.65. The number of carbonyl (C=O) groups excluding carboxylic acids is 1. The van der Waals surface area contributed by atoms with Crippen molar-refractivity contribution in [2.24, 2.45) is 0 Å². The fraction of sp³-hybridized carbons (Fsp3) is 0.138. The molecule has 0 saturated carbocycles. The van der Waals surface area contributed by atoms with Gasteiger partial charge in [-0.2, -0.15) is 0 Å². The number of ether oxygens (including phenoxy) is 4. The Labute approximate surface area is 211 Å². The Morgan fingerprint density at radius 2 is 0.639 bits per heavy atom. The van der Waals surface area contributed by atoms with Crippen LogP contribution in [0.2, 0.25) is 0 Å². The van der Waals surface area contributed by atoms with Crippen molar-refractivity contribution in [1.29, 1.82) is 0 Å². The van der Waals surface area contributed by atoms with Gasteiger partial charge in [-0.3, -0.25) is 9.80 Å². The fourth-order valence-electron chi connectivity index (χ4n) is 3.17. The van der Waals surface area contributed by atoms with Crippen molar-refractivity contribution in [3.05, 3.63) is 121 Å². The summed E-state index contributed by atoms with van der Waals surface area (Å²) in [6.45, 7) is -0.0998. The van der Waals surface area contributed by atoms with Crippen molar-refractivity contribution >= 4 is 6.03 Å². The van der Waals surface area contributed by atoms with E-state index in [2.05, 4.69) is 0 Å². The second-order valence-electron chi connectivity index (χ2n) is 7.71. The number of benzene rings is 4. The van der Waals surface area contributed by atoms with Crippen molar-refractivity contribution < 1.29 is 23.7 Å². The lowest BCUT2D eigenvalue weighted by atomic mass is 10.3. The second kappa shape index (κ2) is 13.3. The van der Waals surface area contributed by atoms with Crippen LogP contribution in [0.1, 0.15) is 0 Å². The predicted octanol–water partition coefficient (Wildman–Crippen LogP) is 5.86. The van der Waals surface area contributed by atoms with Gasteiger partial charge in [-0.05, 0) is 48.5 Å². The molecule has 36 heavy (non-hydrogen) atoms. The molecule has 0 aliphatic carbocycles. The molecule has 0 heterocycles. The van der Waals surface area contributed by atoms with Crippen LogP contribution in [0.5, 0.6) is 23.0 Å². The van der Waals surface area contributed by atoms with Gasteiger partial charge < -0.3 is 18.9 Å². The largest absolute Gasteiger partial charge is 0.473 e. The fourth-order valence-corrected chi connectivity index (χ4v) is 3.17. The molecule has 0 N–H and O–H groups in total. The summed E-state index contributed by atoms with van der Waals surface area (Å²) in [5, 5.41) is 0. The zero-order valence-corrected chi connectivity index (χ0v) is 19.8. The van der Waals surface area contributed by atoms with Crippen molar-refractivity contribution in [3.8, 4) is 23.0 Å². The van der Waals surface area contributed by atoms with Gasteiger partial charge in [0, 0.05) is 0 Å². The highest BCUT2D eigenvalue weighted by Crippen LogP contribution is 2.15. The maximum Gasteiger partial charge on any atom is 0.330 e. The molecule has 184 valence electrons. The van der Waals surface area contributed by atoms with Crippen LogP contribution in [-0.4, -0.2) is 42.8 Å². The van der Waals surface area contributed by atoms with Gasteiger partial charge in [-0.15, -0.1) is 0 Å². The molecule has 0 fully saturated rings. The van der Waals surface area contributed by atoms with Crippen molar-refractivity contribution in [2.45, 2.75) is 0 Å². The molecule has 0 saturated heterocycles. The van der Waals surface area contributed by atoms with E-state index in [1.807, 2.05) is 121 Å². The molecule has 0 unspecified atom stereocenters. The summed E-state index contributed by atoms with van der Waals surface area (Å²) in [4.78, 5) is 16.6. The minimum atomic E-state index is -0.367. The van der Waals surface area contributed by atoms with Gasteiger partial charge in [-0.25, -0.2) is 4.79 Å². The normalized spacial score (nSPS) is 10.2. The van der Waals surface area contributed by atoms with E-state index in [-0.39, 0.29) is 33.0 Å². The van der Waals surface area contributed by atoms with Gasteiger partial charge in [0.1, 0.15) is 23.0 Å². The Kier molecular flexibility index (Phi) is 9.04. The predicted molar refractivity (Wildman–Crippen MR) is 137 cm³/mol. The summed E-state index contributed by atoms with van der Waals surface area (Å²) in [7, 11) is 0. The van der Waals surface area contributed by atoms with Crippen LogP contribution in [0.25, 0.3) is 0 Å². The van der Waals surface area contributed by atoms with Crippen LogP contribution in [0, 0.1) is 0 Å². The van der Waals surface area contributed by atoms with E-state index < -0.39 is 0 Å². The Balaban J connectivity index is 1.48. The van der Waals surface area contributed by atoms with E-state index in [4.69, 9.17) is 18.9 Å². The minimum absolute atomic E-state index is 0.0249. The Bertz CT molecular complexity index is 981. The summed E-state index contributed by atoms with van der Waals surface area (Å²) < 4.78 is 23.5. The zero-order valence-electron chi connectivity index (χ0n) is 19.8. The quantitative estimate of drug-likeness (QED) is 0.236. The van der Waals surface area contributed by atoms with Crippen molar-refractivity contribution in [3.63, 3.8) is 0 Å². The van der Waals surface area contributed by atoms with Crippen LogP contribution in [0.3, 0.4) is 0 Å². The second-order valence-corrected chi connectivity index (χ2v) is 7.71. The first-order valence-corrected chi connectivity index (χ1v) is 11.5. The Morgan fingerprint density at radius 3 is 0.861 bits per heavy atom. The molecule has 2 amide bonds. The number of amides is 2. The monoisotopic (exact) mass is 484 g/mol. The number of carbonyl (C=O) groups is 1. The van der Waals surface area contributed by atoms with Gasteiger partial charge in [0.2, 0.25) is 0 Å². The first-order chi connectivity index (χ1) is 17.8. The van der Waals surface area contributed by atoms with Gasteiger partial charge in [0.15, 0.2) is 26.9 Å². The van der Waals surface area contributed by atoms with Gasteiger partial charge in [-0.1, -0.05) is 72.8 Å². The van der Waals surface area contributed by atoms with Crippen LogP contribution < -0.4 is 18.9 Å². The highest BCUT2D eigenvalue weighted by Gasteiger charge is 2.23. The molecule has 0 radical (unpaired) electrons.